The van der Waals surface area contributed by atoms with Gasteiger partial charge in [-0.05, 0) is 54.8 Å². The summed E-state index contributed by atoms with van der Waals surface area (Å²) < 4.78 is 28.5. The molecule has 1 atom stereocenters. The third-order valence-corrected chi connectivity index (χ3v) is 8.72. The summed E-state index contributed by atoms with van der Waals surface area (Å²) >= 11 is 18.8. The highest BCUT2D eigenvalue weighted by molar-refractivity contribution is 7.92. The molecule has 11 heteroatoms. The van der Waals surface area contributed by atoms with Crippen LogP contribution < -0.4 is 9.62 Å². The monoisotopic (exact) mass is 609 g/mol. The van der Waals surface area contributed by atoms with Crippen molar-refractivity contribution in [2.24, 2.45) is 5.92 Å². The molecule has 0 aliphatic carbocycles. The van der Waals surface area contributed by atoms with E-state index in [1.807, 2.05) is 13.8 Å². The molecule has 2 amide bonds. The van der Waals surface area contributed by atoms with Gasteiger partial charge in [0.1, 0.15) is 12.6 Å². The maximum absolute atomic E-state index is 13.9. The Labute approximate surface area is 244 Å². The van der Waals surface area contributed by atoms with Crippen LogP contribution in [-0.2, 0) is 26.2 Å². The number of amides is 2. The van der Waals surface area contributed by atoms with Gasteiger partial charge < -0.3 is 10.2 Å². The summed E-state index contributed by atoms with van der Waals surface area (Å²) in [7, 11) is -4.25. The predicted octanol–water partition coefficient (Wildman–Crippen LogP) is 6.03. The van der Waals surface area contributed by atoms with Crippen LogP contribution in [0.3, 0.4) is 0 Å². The number of anilines is 1. The van der Waals surface area contributed by atoms with E-state index in [1.165, 1.54) is 29.2 Å². The van der Waals surface area contributed by atoms with Gasteiger partial charge >= 0.3 is 0 Å². The van der Waals surface area contributed by atoms with Crippen molar-refractivity contribution in [2.75, 3.05) is 17.4 Å². The van der Waals surface area contributed by atoms with Gasteiger partial charge in [-0.15, -0.1) is 0 Å². The lowest BCUT2D eigenvalue weighted by Gasteiger charge is -2.32. The van der Waals surface area contributed by atoms with Crippen molar-refractivity contribution in [3.8, 4) is 0 Å². The van der Waals surface area contributed by atoms with Crippen LogP contribution in [0.15, 0.2) is 77.7 Å². The van der Waals surface area contributed by atoms with Crippen LogP contribution in [-0.4, -0.2) is 44.3 Å². The lowest BCUT2D eigenvalue weighted by atomic mass is 10.1. The first-order chi connectivity index (χ1) is 18.4. The minimum Gasteiger partial charge on any atom is -0.354 e. The van der Waals surface area contributed by atoms with Gasteiger partial charge in [-0.3, -0.25) is 13.9 Å². The number of hydrogen-bond acceptors (Lipinski definition) is 4. The van der Waals surface area contributed by atoms with E-state index in [2.05, 4.69) is 5.32 Å². The quantitative estimate of drug-likeness (QED) is 0.287. The highest BCUT2D eigenvalue weighted by Crippen LogP contribution is 2.35. The molecule has 0 aliphatic heterocycles. The van der Waals surface area contributed by atoms with Crippen LogP contribution in [0, 0.1) is 5.92 Å². The molecule has 3 rings (SSSR count). The summed E-state index contributed by atoms with van der Waals surface area (Å²) in [4.78, 5) is 28.2. The molecule has 0 aliphatic rings. The van der Waals surface area contributed by atoms with Crippen molar-refractivity contribution in [3.63, 3.8) is 0 Å². The highest BCUT2D eigenvalue weighted by Gasteiger charge is 2.33. The molecule has 0 unspecified atom stereocenters. The van der Waals surface area contributed by atoms with Crippen LogP contribution in [0.1, 0.15) is 26.3 Å². The first-order valence-electron chi connectivity index (χ1n) is 12.2. The van der Waals surface area contributed by atoms with Crippen LogP contribution in [0.5, 0.6) is 0 Å². The Morgan fingerprint density at radius 3 is 2.21 bits per heavy atom. The zero-order valence-electron chi connectivity index (χ0n) is 21.8. The number of sulfonamides is 1. The molecule has 3 aromatic rings. The van der Waals surface area contributed by atoms with E-state index in [0.29, 0.717) is 17.1 Å². The molecule has 208 valence electrons. The molecule has 0 fully saturated rings. The summed E-state index contributed by atoms with van der Waals surface area (Å²) in [5.41, 5.74) is 0.721. The third kappa shape index (κ3) is 7.88. The molecule has 1 N–H and O–H groups in total. The van der Waals surface area contributed by atoms with Gasteiger partial charge in [-0.2, -0.15) is 0 Å². The Morgan fingerprint density at radius 2 is 1.56 bits per heavy atom. The second-order valence-corrected chi connectivity index (χ2v) is 12.4. The molecule has 3 aromatic carbocycles. The summed E-state index contributed by atoms with van der Waals surface area (Å²) in [6.45, 7) is 5.34. The van der Waals surface area contributed by atoms with Gasteiger partial charge in [0.25, 0.3) is 10.0 Å². The van der Waals surface area contributed by atoms with Gasteiger partial charge in [0.2, 0.25) is 11.8 Å². The fraction of sp³-hybridized carbons (Fsp3) is 0.286. The number of rotatable bonds is 11. The second kappa shape index (κ2) is 13.5. The van der Waals surface area contributed by atoms with Crippen molar-refractivity contribution >= 4 is 62.3 Å². The zero-order chi connectivity index (χ0) is 28.7. The van der Waals surface area contributed by atoms with Gasteiger partial charge in [-0.25, -0.2) is 8.42 Å². The third-order valence-electron chi connectivity index (χ3n) is 5.90. The van der Waals surface area contributed by atoms with Crippen molar-refractivity contribution in [1.29, 1.82) is 0 Å². The van der Waals surface area contributed by atoms with Gasteiger partial charge in [0, 0.05) is 18.1 Å². The number of halogens is 3. The van der Waals surface area contributed by atoms with Crippen molar-refractivity contribution in [3.05, 3.63) is 93.4 Å². The summed E-state index contributed by atoms with van der Waals surface area (Å²) in [6, 6.07) is 18.2. The number of carbonyl (C=O) groups excluding carboxylic acids is 2. The number of benzene rings is 3. The lowest BCUT2D eigenvalue weighted by molar-refractivity contribution is -0.139. The van der Waals surface area contributed by atoms with Crippen LogP contribution in [0.4, 0.5) is 5.69 Å². The minimum absolute atomic E-state index is 0.0180. The predicted molar refractivity (Wildman–Crippen MR) is 157 cm³/mol. The second-order valence-electron chi connectivity index (χ2n) is 9.36. The molecule has 0 saturated heterocycles. The van der Waals surface area contributed by atoms with E-state index < -0.39 is 28.5 Å². The molecule has 0 saturated carbocycles. The SMILES string of the molecule is CC(C)CNC(=O)[C@H](C)N(Cc1cccc(Cl)c1)C(=O)CN(c1cccc(Cl)c1Cl)S(=O)(=O)c1ccccc1. The van der Waals surface area contributed by atoms with E-state index in [9.17, 15) is 18.0 Å². The van der Waals surface area contributed by atoms with E-state index >= 15 is 0 Å². The zero-order valence-corrected chi connectivity index (χ0v) is 24.9. The average Bonchev–Trinajstić information content (AvgIpc) is 2.90. The number of nitrogens with one attached hydrogen (secondary N) is 1. The number of hydrogen-bond donors (Lipinski definition) is 1. The Kier molecular flexibility index (Phi) is 10.7. The fourth-order valence-corrected chi connectivity index (χ4v) is 5.89. The lowest BCUT2D eigenvalue weighted by Crippen LogP contribution is -2.51. The number of nitrogens with zero attached hydrogens (tertiary/aromatic N) is 2. The van der Waals surface area contributed by atoms with Crippen LogP contribution >= 0.6 is 34.8 Å². The maximum Gasteiger partial charge on any atom is 0.264 e. The first kappa shape index (κ1) is 30.8. The summed E-state index contributed by atoms with van der Waals surface area (Å²) in [5.74, 6) is -0.773. The Balaban J connectivity index is 2.04. The molecule has 7 nitrogen and oxygen atoms in total. The minimum atomic E-state index is -4.25. The fourth-order valence-electron chi connectivity index (χ4n) is 3.79. The molecule has 0 radical (unpaired) electrons. The topological polar surface area (TPSA) is 86.8 Å². The first-order valence-corrected chi connectivity index (χ1v) is 14.8. The standard InChI is InChI=1S/C28H30Cl3N3O4S/c1-19(2)16-32-28(36)20(3)33(17-21-9-7-10-22(29)15-21)26(35)18-34(25-14-8-13-24(30)27(25)31)39(37,38)23-11-5-4-6-12-23/h4-15,19-20H,16-18H2,1-3H3,(H,32,36)/t20-/m0/s1. The van der Waals surface area contributed by atoms with Gasteiger partial charge in [-0.1, -0.05) is 85.0 Å². The number of carbonyl (C=O) groups is 2. The van der Waals surface area contributed by atoms with Crippen LogP contribution in [0.25, 0.3) is 0 Å². The molecular weight excluding hydrogens is 581 g/mol. The summed E-state index contributed by atoms with van der Waals surface area (Å²) in [5, 5.41) is 3.42. The van der Waals surface area contributed by atoms with E-state index in [4.69, 9.17) is 34.8 Å². The molecule has 0 spiro atoms. The molecule has 0 heterocycles. The van der Waals surface area contributed by atoms with Crippen LogP contribution in [0.2, 0.25) is 15.1 Å². The van der Waals surface area contributed by atoms with E-state index in [-0.39, 0.29) is 39.0 Å². The van der Waals surface area contributed by atoms with Crippen molar-refractivity contribution in [1.82, 2.24) is 10.2 Å². The Hall–Kier alpha value is -2.78. The molecule has 39 heavy (non-hydrogen) atoms. The molecular formula is C28H30Cl3N3O4S. The van der Waals surface area contributed by atoms with Gasteiger partial charge in [0.15, 0.2) is 0 Å². The molecule has 0 aromatic heterocycles. The largest absolute Gasteiger partial charge is 0.354 e. The maximum atomic E-state index is 13.9. The van der Waals surface area contributed by atoms with E-state index in [0.717, 1.165) is 4.31 Å². The molecule has 0 bridgehead atoms. The highest BCUT2D eigenvalue weighted by atomic mass is 35.5. The smallest absolute Gasteiger partial charge is 0.264 e. The Morgan fingerprint density at radius 1 is 0.897 bits per heavy atom. The summed E-state index contributed by atoms with van der Waals surface area (Å²) in [6.07, 6.45) is 0. The van der Waals surface area contributed by atoms with Crippen molar-refractivity contribution in [2.45, 2.75) is 38.3 Å². The average molecular weight is 611 g/mol. The van der Waals surface area contributed by atoms with Gasteiger partial charge in [0.05, 0.1) is 20.6 Å². The van der Waals surface area contributed by atoms with E-state index in [1.54, 1.807) is 55.5 Å². The normalized spacial score (nSPS) is 12.2. The Bertz CT molecular complexity index is 1420. The van der Waals surface area contributed by atoms with Crippen molar-refractivity contribution < 1.29 is 18.0 Å².